The van der Waals surface area contributed by atoms with Crippen molar-refractivity contribution in [2.75, 3.05) is 12.4 Å². The van der Waals surface area contributed by atoms with E-state index in [4.69, 9.17) is 16.7 Å². The third kappa shape index (κ3) is 1.82. The molecule has 0 aromatic carbocycles. The van der Waals surface area contributed by atoms with E-state index in [1.807, 2.05) is 0 Å². The molecule has 0 unspecified atom stereocenters. The van der Waals surface area contributed by atoms with Crippen LogP contribution in [0.25, 0.3) is 0 Å². The van der Waals surface area contributed by atoms with E-state index in [1.54, 1.807) is 19.3 Å². The molecule has 0 fully saturated rings. The predicted molar refractivity (Wildman–Crippen MR) is 44.7 cm³/mol. The lowest BCUT2D eigenvalue weighted by atomic mass is 10.3. The quantitative estimate of drug-likeness (QED) is 0.706. The first-order valence-electron chi connectivity index (χ1n) is 3.21. The number of pyridine rings is 1. The van der Waals surface area contributed by atoms with Gasteiger partial charge < -0.3 is 10.4 Å². The number of nitrogens with one attached hydrogen (secondary N) is 1. The Morgan fingerprint density at radius 3 is 2.91 bits per heavy atom. The van der Waals surface area contributed by atoms with Gasteiger partial charge in [-0.25, -0.2) is 4.98 Å². The summed E-state index contributed by atoms with van der Waals surface area (Å²) in [6.45, 7) is -0.0310. The van der Waals surface area contributed by atoms with Crippen molar-refractivity contribution in [1.82, 2.24) is 4.98 Å². The smallest absolute Gasteiger partial charge is 0.144 e. The second kappa shape index (κ2) is 3.55. The zero-order valence-electron chi connectivity index (χ0n) is 6.13. The average Bonchev–Trinajstić information content (AvgIpc) is 2.04. The Morgan fingerprint density at radius 2 is 2.45 bits per heavy atom. The topological polar surface area (TPSA) is 45.2 Å². The van der Waals surface area contributed by atoms with Crippen LogP contribution in [0, 0.1) is 0 Å². The number of aromatic nitrogens is 1. The summed E-state index contributed by atoms with van der Waals surface area (Å²) in [5.74, 6) is 0.629. The first-order valence-corrected chi connectivity index (χ1v) is 3.58. The van der Waals surface area contributed by atoms with Crippen LogP contribution in [0.4, 0.5) is 5.82 Å². The van der Waals surface area contributed by atoms with Gasteiger partial charge in [-0.15, -0.1) is 0 Å². The molecule has 0 atom stereocenters. The van der Waals surface area contributed by atoms with E-state index in [0.717, 1.165) is 0 Å². The Hall–Kier alpha value is -0.800. The summed E-state index contributed by atoms with van der Waals surface area (Å²) < 4.78 is 0. The highest BCUT2D eigenvalue weighted by Gasteiger charge is 1.99. The molecule has 3 nitrogen and oxygen atoms in total. The first-order chi connectivity index (χ1) is 5.27. The molecule has 0 spiro atoms. The van der Waals surface area contributed by atoms with Crippen molar-refractivity contribution < 1.29 is 5.11 Å². The zero-order valence-corrected chi connectivity index (χ0v) is 6.89. The lowest BCUT2D eigenvalue weighted by Crippen LogP contribution is -1.94. The third-order valence-corrected chi connectivity index (χ3v) is 1.61. The number of hydrogen-bond acceptors (Lipinski definition) is 3. The van der Waals surface area contributed by atoms with Crippen molar-refractivity contribution in [3.63, 3.8) is 0 Å². The molecule has 0 saturated heterocycles. The highest BCUT2D eigenvalue weighted by atomic mass is 35.5. The van der Waals surface area contributed by atoms with Crippen molar-refractivity contribution in [3.05, 3.63) is 22.8 Å². The van der Waals surface area contributed by atoms with Crippen LogP contribution in [-0.2, 0) is 6.61 Å². The molecule has 1 aromatic heterocycles. The van der Waals surface area contributed by atoms with Gasteiger partial charge in [-0.05, 0) is 11.6 Å². The van der Waals surface area contributed by atoms with Crippen molar-refractivity contribution >= 4 is 17.4 Å². The minimum absolute atomic E-state index is 0.0310. The van der Waals surface area contributed by atoms with Gasteiger partial charge in [0.05, 0.1) is 11.6 Å². The zero-order chi connectivity index (χ0) is 8.27. The summed E-state index contributed by atoms with van der Waals surface area (Å²) in [6, 6.07) is 1.68. The summed E-state index contributed by atoms with van der Waals surface area (Å²) in [4.78, 5) is 3.96. The van der Waals surface area contributed by atoms with E-state index in [1.165, 1.54) is 0 Å². The molecule has 0 aliphatic carbocycles. The van der Waals surface area contributed by atoms with E-state index in [0.29, 0.717) is 16.4 Å². The Kier molecular flexibility index (Phi) is 2.68. The van der Waals surface area contributed by atoms with Crippen LogP contribution in [-0.4, -0.2) is 17.1 Å². The standard InChI is InChI=1S/C7H9ClN2O/c1-9-7-6(8)2-5(4-11)3-10-7/h2-3,11H,4H2,1H3,(H,9,10). The normalized spacial score (nSPS) is 9.73. The molecular formula is C7H9ClN2O. The minimum Gasteiger partial charge on any atom is -0.392 e. The van der Waals surface area contributed by atoms with E-state index in [9.17, 15) is 0 Å². The number of nitrogens with zero attached hydrogens (tertiary/aromatic N) is 1. The molecule has 0 amide bonds. The van der Waals surface area contributed by atoms with Crippen LogP contribution in [0.15, 0.2) is 12.3 Å². The van der Waals surface area contributed by atoms with Crippen molar-refractivity contribution in [2.24, 2.45) is 0 Å². The molecule has 1 rings (SSSR count). The van der Waals surface area contributed by atoms with Crippen LogP contribution in [0.1, 0.15) is 5.56 Å². The molecule has 1 heterocycles. The summed E-state index contributed by atoms with van der Waals surface area (Å²) in [6.07, 6.45) is 1.58. The maximum absolute atomic E-state index is 8.71. The molecule has 60 valence electrons. The van der Waals surface area contributed by atoms with Crippen molar-refractivity contribution in [2.45, 2.75) is 6.61 Å². The fraction of sp³-hybridized carbons (Fsp3) is 0.286. The van der Waals surface area contributed by atoms with E-state index < -0.39 is 0 Å². The van der Waals surface area contributed by atoms with Crippen molar-refractivity contribution in [1.29, 1.82) is 0 Å². The summed E-state index contributed by atoms with van der Waals surface area (Å²) in [5.41, 5.74) is 0.717. The summed E-state index contributed by atoms with van der Waals surface area (Å²) in [7, 11) is 1.74. The van der Waals surface area contributed by atoms with E-state index in [-0.39, 0.29) is 6.61 Å². The maximum atomic E-state index is 8.71. The second-order valence-corrected chi connectivity index (χ2v) is 2.49. The number of anilines is 1. The number of rotatable bonds is 2. The molecule has 1 aromatic rings. The van der Waals surface area contributed by atoms with Gasteiger partial charge in [0.1, 0.15) is 5.82 Å². The highest BCUT2D eigenvalue weighted by Crippen LogP contribution is 2.18. The molecule has 0 aliphatic rings. The van der Waals surface area contributed by atoms with Gasteiger partial charge in [-0.3, -0.25) is 0 Å². The lowest BCUT2D eigenvalue weighted by Gasteiger charge is -2.02. The molecule has 0 saturated carbocycles. The van der Waals surface area contributed by atoms with Crippen LogP contribution in [0.2, 0.25) is 5.02 Å². The van der Waals surface area contributed by atoms with Crippen molar-refractivity contribution in [3.8, 4) is 0 Å². The van der Waals surface area contributed by atoms with Gasteiger partial charge in [0.25, 0.3) is 0 Å². The highest BCUT2D eigenvalue weighted by molar-refractivity contribution is 6.32. The Balaban J connectivity index is 2.99. The Morgan fingerprint density at radius 1 is 1.73 bits per heavy atom. The molecular weight excluding hydrogens is 164 g/mol. The van der Waals surface area contributed by atoms with E-state index in [2.05, 4.69) is 10.3 Å². The number of hydrogen-bond donors (Lipinski definition) is 2. The van der Waals surface area contributed by atoms with Crippen LogP contribution >= 0.6 is 11.6 Å². The number of halogens is 1. The SMILES string of the molecule is CNc1ncc(CO)cc1Cl. The predicted octanol–water partition coefficient (Wildman–Crippen LogP) is 1.27. The van der Waals surface area contributed by atoms with Gasteiger partial charge in [-0.2, -0.15) is 0 Å². The monoisotopic (exact) mass is 172 g/mol. The number of aliphatic hydroxyl groups excluding tert-OH is 1. The van der Waals surface area contributed by atoms with Gasteiger partial charge in [0.2, 0.25) is 0 Å². The van der Waals surface area contributed by atoms with E-state index >= 15 is 0 Å². The van der Waals surface area contributed by atoms with Gasteiger partial charge in [0.15, 0.2) is 0 Å². The van der Waals surface area contributed by atoms with Crippen LogP contribution in [0.3, 0.4) is 0 Å². The number of aliphatic hydroxyl groups is 1. The third-order valence-electron chi connectivity index (χ3n) is 1.32. The first kappa shape index (κ1) is 8.30. The molecule has 11 heavy (non-hydrogen) atoms. The molecule has 0 bridgehead atoms. The van der Waals surface area contributed by atoms with Gasteiger partial charge in [-0.1, -0.05) is 11.6 Å². The van der Waals surface area contributed by atoms with Gasteiger partial charge >= 0.3 is 0 Å². The van der Waals surface area contributed by atoms with Gasteiger partial charge in [0, 0.05) is 13.2 Å². The Bertz CT molecular complexity index is 252. The molecule has 0 aliphatic heterocycles. The fourth-order valence-electron chi connectivity index (χ4n) is 0.748. The molecule has 2 N–H and O–H groups in total. The van der Waals surface area contributed by atoms with Crippen LogP contribution in [0.5, 0.6) is 0 Å². The molecule has 4 heteroatoms. The summed E-state index contributed by atoms with van der Waals surface area (Å²) in [5, 5.41) is 12.1. The minimum atomic E-state index is -0.0310. The second-order valence-electron chi connectivity index (χ2n) is 2.08. The Labute approximate surface area is 70.0 Å². The molecule has 0 radical (unpaired) electrons. The average molecular weight is 173 g/mol. The fourth-order valence-corrected chi connectivity index (χ4v) is 1.03. The maximum Gasteiger partial charge on any atom is 0.144 e. The van der Waals surface area contributed by atoms with Crippen LogP contribution < -0.4 is 5.32 Å². The lowest BCUT2D eigenvalue weighted by molar-refractivity contribution is 0.281. The largest absolute Gasteiger partial charge is 0.392 e. The summed E-state index contributed by atoms with van der Waals surface area (Å²) >= 11 is 5.77.